The third-order valence-corrected chi connectivity index (χ3v) is 3.18. The van der Waals surface area contributed by atoms with Crippen molar-refractivity contribution in [3.63, 3.8) is 0 Å². The monoisotopic (exact) mass is 288 g/mol. The number of carbonyl (C=O) groups excluding carboxylic acids is 1. The summed E-state index contributed by atoms with van der Waals surface area (Å²) in [7, 11) is 0. The van der Waals surface area contributed by atoms with Gasteiger partial charge in [-0.2, -0.15) is 0 Å². The Kier molecular flexibility index (Phi) is 4.53. The van der Waals surface area contributed by atoms with Gasteiger partial charge in [-0.25, -0.2) is 0 Å². The number of ketones is 1. The SMILES string of the molecule is O=C(O)CCc1cccc(C(=O)c2ccc(Cl)cc2)c1. The Hall–Kier alpha value is -2.13. The molecule has 0 unspecified atom stereocenters. The summed E-state index contributed by atoms with van der Waals surface area (Å²) in [5.74, 6) is -0.946. The lowest BCUT2D eigenvalue weighted by atomic mass is 10.00. The Morgan fingerprint density at radius 2 is 1.70 bits per heavy atom. The summed E-state index contributed by atoms with van der Waals surface area (Å²) in [5.41, 5.74) is 1.95. The Balaban J connectivity index is 2.19. The third-order valence-electron chi connectivity index (χ3n) is 2.92. The summed E-state index contributed by atoms with van der Waals surface area (Å²) in [6.45, 7) is 0. The summed E-state index contributed by atoms with van der Waals surface area (Å²) in [5, 5.41) is 9.26. The van der Waals surface area contributed by atoms with Gasteiger partial charge in [-0.15, -0.1) is 0 Å². The molecule has 0 aliphatic carbocycles. The second-order valence-corrected chi connectivity index (χ2v) is 4.87. The predicted octanol–water partition coefficient (Wildman–Crippen LogP) is 3.59. The number of carboxylic acids is 1. The molecule has 20 heavy (non-hydrogen) atoms. The van der Waals surface area contributed by atoms with Gasteiger partial charge >= 0.3 is 5.97 Å². The number of carbonyl (C=O) groups is 2. The molecule has 102 valence electrons. The van der Waals surface area contributed by atoms with Gasteiger partial charge in [0.05, 0.1) is 0 Å². The summed E-state index contributed by atoms with van der Waals surface area (Å²) >= 11 is 5.79. The lowest BCUT2D eigenvalue weighted by Crippen LogP contribution is -2.03. The molecule has 0 radical (unpaired) electrons. The lowest BCUT2D eigenvalue weighted by Gasteiger charge is -2.04. The van der Waals surface area contributed by atoms with E-state index in [9.17, 15) is 9.59 Å². The Morgan fingerprint density at radius 1 is 1.00 bits per heavy atom. The Morgan fingerprint density at radius 3 is 2.35 bits per heavy atom. The van der Waals surface area contributed by atoms with Crippen molar-refractivity contribution in [1.29, 1.82) is 0 Å². The van der Waals surface area contributed by atoms with Crippen molar-refractivity contribution >= 4 is 23.4 Å². The highest BCUT2D eigenvalue weighted by Crippen LogP contribution is 2.15. The molecule has 0 spiro atoms. The first kappa shape index (κ1) is 14.3. The van der Waals surface area contributed by atoms with Crippen molar-refractivity contribution in [2.75, 3.05) is 0 Å². The van der Waals surface area contributed by atoms with E-state index in [1.807, 2.05) is 6.07 Å². The standard InChI is InChI=1S/C16H13ClO3/c17-14-7-5-12(6-8-14)16(20)13-3-1-2-11(10-13)4-9-15(18)19/h1-3,5-8,10H,4,9H2,(H,18,19). The molecule has 0 aliphatic rings. The molecule has 0 atom stereocenters. The normalized spacial score (nSPS) is 10.2. The first-order valence-corrected chi connectivity index (χ1v) is 6.55. The second-order valence-electron chi connectivity index (χ2n) is 4.43. The van der Waals surface area contributed by atoms with E-state index in [1.54, 1.807) is 42.5 Å². The van der Waals surface area contributed by atoms with E-state index in [4.69, 9.17) is 16.7 Å². The summed E-state index contributed by atoms with van der Waals surface area (Å²) in [6.07, 6.45) is 0.468. The van der Waals surface area contributed by atoms with Crippen LogP contribution in [0.25, 0.3) is 0 Å². The highest BCUT2D eigenvalue weighted by atomic mass is 35.5. The van der Waals surface area contributed by atoms with Gasteiger partial charge in [0.2, 0.25) is 0 Å². The maximum atomic E-state index is 12.3. The van der Waals surface area contributed by atoms with Crippen LogP contribution in [-0.4, -0.2) is 16.9 Å². The van der Waals surface area contributed by atoms with Crippen LogP contribution in [0.5, 0.6) is 0 Å². The quantitative estimate of drug-likeness (QED) is 0.856. The van der Waals surface area contributed by atoms with Crippen LogP contribution in [0, 0.1) is 0 Å². The van der Waals surface area contributed by atoms with E-state index >= 15 is 0 Å². The van der Waals surface area contributed by atoms with Gasteiger partial charge in [-0.05, 0) is 42.3 Å². The average Bonchev–Trinajstić information content (AvgIpc) is 2.45. The largest absolute Gasteiger partial charge is 0.481 e. The van der Waals surface area contributed by atoms with E-state index in [0.29, 0.717) is 22.6 Å². The zero-order valence-corrected chi connectivity index (χ0v) is 11.4. The van der Waals surface area contributed by atoms with Crippen molar-refractivity contribution in [1.82, 2.24) is 0 Å². The highest BCUT2D eigenvalue weighted by Gasteiger charge is 2.09. The third kappa shape index (κ3) is 3.68. The molecule has 0 saturated heterocycles. The van der Waals surface area contributed by atoms with Crippen LogP contribution in [0.4, 0.5) is 0 Å². The van der Waals surface area contributed by atoms with Crippen LogP contribution in [-0.2, 0) is 11.2 Å². The van der Waals surface area contributed by atoms with Crippen molar-refractivity contribution in [3.8, 4) is 0 Å². The van der Waals surface area contributed by atoms with E-state index < -0.39 is 5.97 Å². The molecule has 2 aromatic carbocycles. The molecule has 0 amide bonds. The minimum atomic E-state index is -0.848. The fraction of sp³-hybridized carbons (Fsp3) is 0.125. The van der Waals surface area contributed by atoms with Crippen molar-refractivity contribution < 1.29 is 14.7 Å². The molecule has 0 saturated carbocycles. The fourth-order valence-corrected chi connectivity index (χ4v) is 2.01. The van der Waals surface area contributed by atoms with Gasteiger partial charge in [-0.3, -0.25) is 9.59 Å². The molecule has 2 aromatic rings. The van der Waals surface area contributed by atoms with Gasteiger partial charge in [-0.1, -0.05) is 29.8 Å². The minimum absolute atomic E-state index is 0.0542. The molecule has 0 aliphatic heterocycles. The summed E-state index contributed by atoms with van der Waals surface area (Å²) < 4.78 is 0. The zero-order valence-electron chi connectivity index (χ0n) is 10.7. The molecule has 0 fully saturated rings. The van der Waals surface area contributed by atoms with Crippen LogP contribution in [0.2, 0.25) is 5.02 Å². The molecular formula is C16H13ClO3. The number of aryl methyl sites for hydroxylation is 1. The summed E-state index contributed by atoms with van der Waals surface area (Å²) in [4.78, 5) is 22.9. The van der Waals surface area contributed by atoms with Crippen LogP contribution in [0.1, 0.15) is 27.9 Å². The van der Waals surface area contributed by atoms with Crippen molar-refractivity contribution in [2.24, 2.45) is 0 Å². The van der Waals surface area contributed by atoms with Gasteiger partial charge < -0.3 is 5.11 Å². The van der Waals surface area contributed by atoms with Crippen molar-refractivity contribution in [2.45, 2.75) is 12.8 Å². The maximum Gasteiger partial charge on any atom is 0.303 e. The zero-order chi connectivity index (χ0) is 14.5. The predicted molar refractivity (Wildman–Crippen MR) is 77.3 cm³/mol. The number of aliphatic carboxylic acids is 1. The minimum Gasteiger partial charge on any atom is -0.481 e. The van der Waals surface area contributed by atoms with E-state index in [2.05, 4.69) is 0 Å². The first-order chi connectivity index (χ1) is 9.56. The number of halogens is 1. The molecular weight excluding hydrogens is 276 g/mol. The number of carboxylic acid groups (broad SMARTS) is 1. The van der Waals surface area contributed by atoms with E-state index in [-0.39, 0.29) is 12.2 Å². The first-order valence-electron chi connectivity index (χ1n) is 6.17. The smallest absolute Gasteiger partial charge is 0.303 e. The van der Waals surface area contributed by atoms with Crippen molar-refractivity contribution in [3.05, 3.63) is 70.2 Å². The number of rotatable bonds is 5. The van der Waals surface area contributed by atoms with Gasteiger partial charge in [0.25, 0.3) is 0 Å². The lowest BCUT2D eigenvalue weighted by molar-refractivity contribution is -0.136. The molecule has 1 N–H and O–H groups in total. The van der Waals surface area contributed by atoms with Gasteiger partial charge in [0.1, 0.15) is 0 Å². The van der Waals surface area contributed by atoms with Crippen LogP contribution < -0.4 is 0 Å². The Labute approximate surface area is 121 Å². The fourth-order valence-electron chi connectivity index (χ4n) is 1.89. The van der Waals surface area contributed by atoms with Crippen LogP contribution in [0.3, 0.4) is 0 Å². The number of hydrogen-bond donors (Lipinski definition) is 1. The average molecular weight is 289 g/mol. The topological polar surface area (TPSA) is 54.4 Å². The molecule has 4 heteroatoms. The van der Waals surface area contributed by atoms with Gasteiger partial charge in [0, 0.05) is 22.6 Å². The molecule has 0 bridgehead atoms. The molecule has 3 nitrogen and oxygen atoms in total. The molecule has 0 aromatic heterocycles. The van der Waals surface area contributed by atoms with E-state index in [1.165, 1.54) is 0 Å². The summed E-state index contributed by atoms with van der Waals surface area (Å²) in [6, 6.07) is 13.7. The number of hydrogen-bond acceptors (Lipinski definition) is 2. The maximum absolute atomic E-state index is 12.3. The van der Waals surface area contributed by atoms with Crippen LogP contribution in [0.15, 0.2) is 48.5 Å². The number of benzene rings is 2. The second kappa shape index (κ2) is 6.35. The van der Waals surface area contributed by atoms with Crippen LogP contribution >= 0.6 is 11.6 Å². The Bertz CT molecular complexity index is 632. The molecule has 2 rings (SSSR count). The highest BCUT2D eigenvalue weighted by molar-refractivity contribution is 6.30. The molecule has 0 heterocycles. The van der Waals surface area contributed by atoms with Gasteiger partial charge in [0.15, 0.2) is 5.78 Å². The van der Waals surface area contributed by atoms with E-state index in [0.717, 1.165) is 5.56 Å².